The molecule has 3 rings (SSSR count). The first-order chi connectivity index (χ1) is 12.0. The van der Waals surface area contributed by atoms with Crippen LogP contribution in [-0.4, -0.2) is 26.8 Å². The maximum atomic E-state index is 13.1. The molecule has 0 fully saturated rings. The van der Waals surface area contributed by atoms with Crippen LogP contribution in [0.15, 0.2) is 54.6 Å². The summed E-state index contributed by atoms with van der Waals surface area (Å²) >= 11 is 6.00. The number of carbonyl (C=O) groups excluding carboxylic acids is 1. The van der Waals surface area contributed by atoms with Crippen molar-refractivity contribution in [3.05, 3.63) is 76.7 Å². The first-order valence-electron chi connectivity index (χ1n) is 7.11. The van der Waals surface area contributed by atoms with Gasteiger partial charge >= 0.3 is 5.97 Å². The van der Waals surface area contributed by atoms with Crippen molar-refractivity contribution in [2.24, 2.45) is 0 Å². The summed E-state index contributed by atoms with van der Waals surface area (Å²) in [4.78, 5) is 23.6. The molecule has 0 aliphatic carbocycles. The van der Waals surface area contributed by atoms with Crippen molar-refractivity contribution >= 4 is 29.3 Å². The van der Waals surface area contributed by atoms with Crippen molar-refractivity contribution in [1.82, 2.24) is 9.78 Å². The molecule has 6 nitrogen and oxygen atoms in total. The second kappa shape index (κ2) is 6.74. The third-order valence-corrected chi connectivity index (χ3v) is 3.69. The third-order valence-electron chi connectivity index (χ3n) is 3.36. The molecule has 0 unspecified atom stereocenters. The standard InChI is InChI=1S/C17H11ClFN3O3/c18-13-4-2-1-3-12(13)16(23)20-15-9-14(17(24)25)21-22(15)11-7-5-10(19)6-8-11/h1-9H,(H,20,23)(H,24,25). The number of aromatic carboxylic acids is 1. The summed E-state index contributed by atoms with van der Waals surface area (Å²) in [6.07, 6.45) is 0. The smallest absolute Gasteiger partial charge is 0.356 e. The van der Waals surface area contributed by atoms with Crippen LogP contribution >= 0.6 is 11.6 Å². The van der Waals surface area contributed by atoms with E-state index in [4.69, 9.17) is 16.7 Å². The lowest BCUT2D eigenvalue weighted by Gasteiger charge is -2.09. The highest BCUT2D eigenvalue weighted by Crippen LogP contribution is 2.21. The van der Waals surface area contributed by atoms with Gasteiger partial charge in [-0.1, -0.05) is 23.7 Å². The number of carbonyl (C=O) groups is 2. The van der Waals surface area contributed by atoms with E-state index >= 15 is 0 Å². The molecule has 0 spiro atoms. The first-order valence-corrected chi connectivity index (χ1v) is 7.48. The Kier molecular flexibility index (Phi) is 4.49. The maximum Gasteiger partial charge on any atom is 0.356 e. The van der Waals surface area contributed by atoms with Crippen LogP contribution in [0.5, 0.6) is 0 Å². The number of amides is 1. The van der Waals surface area contributed by atoms with Gasteiger partial charge in [0.15, 0.2) is 5.69 Å². The highest BCUT2D eigenvalue weighted by atomic mass is 35.5. The highest BCUT2D eigenvalue weighted by Gasteiger charge is 2.18. The maximum absolute atomic E-state index is 13.1. The van der Waals surface area contributed by atoms with Gasteiger partial charge in [-0.3, -0.25) is 4.79 Å². The quantitative estimate of drug-likeness (QED) is 0.745. The first kappa shape index (κ1) is 16.7. The Bertz CT molecular complexity index is 954. The van der Waals surface area contributed by atoms with E-state index in [2.05, 4.69) is 10.4 Å². The second-order valence-electron chi connectivity index (χ2n) is 5.04. The molecule has 0 saturated heterocycles. The van der Waals surface area contributed by atoms with Crippen LogP contribution in [0.2, 0.25) is 5.02 Å². The minimum Gasteiger partial charge on any atom is -0.476 e. The highest BCUT2D eigenvalue weighted by molar-refractivity contribution is 6.34. The average molecular weight is 360 g/mol. The van der Waals surface area contributed by atoms with E-state index < -0.39 is 17.7 Å². The van der Waals surface area contributed by atoms with Gasteiger partial charge in [-0.15, -0.1) is 0 Å². The van der Waals surface area contributed by atoms with Crippen LogP contribution in [0.1, 0.15) is 20.8 Å². The molecule has 0 bridgehead atoms. The molecule has 1 aromatic heterocycles. The van der Waals surface area contributed by atoms with Gasteiger partial charge in [0.05, 0.1) is 16.3 Å². The molecule has 25 heavy (non-hydrogen) atoms. The van der Waals surface area contributed by atoms with E-state index in [1.165, 1.54) is 41.1 Å². The fraction of sp³-hybridized carbons (Fsp3) is 0. The van der Waals surface area contributed by atoms with Gasteiger partial charge in [-0.05, 0) is 36.4 Å². The van der Waals surface area contributed by atoms with Gasteiger partial charge in [0.2, 0.25) is 0 Å². The number of aromatic nitrogens is 2. The fourth-order valence-corrected chi connectivity index (χ4v) is 2.40. The van der Waals surface area contributed by atoms with Gasteiger partial charge in [-0.25, -0.2) is 13.9 Å². The number of carboxylic acids is 1. The Morgan fingerprint density at radius 3 is 2.44 bits per heavy atom. The zero-order valence-corrected chi connectivity index (χ0v) is 13.4. The summed E-state index contributed by atoms with van der Waals surface area (Å²) in [5.41, 5.74) is 0.357. The number of anilines is 1. The van der Waals surface area contributed by atoms with E-state index in [0.717, 1.165) is 0 Å². The Balaban J connectivity index is 2.00. The number of benzene rings is 2. The number of nitrogens with zero attached hydrogens (tertiary/aromatic N) is 2. The van der Waals surface area contributed by atoms with Gasteiger partial charge in [0, 0.05) is 6.07 Å². The topological polar surface area (TPSA) is 84.2 Å². The summed E-state index contributed by atoms with van der Waals surface area (Å²) in [6.45, 7) is 0. The zero-order valence-electron chi connectivity index (χ0n) is 12.6. The van der Waals surface area contributed by atoms with E-state index in [1.807, 2.05) is 0 Å². The largest absolute Gasteiger partial charge is 0.476 e. The molecule has 8 heteroatoms. The monoisotopic (exact) mass is 359 g/mol. The zero-order chi connectivity index (χ0) is 18.0. The number of nitrogens with one attached hydrogen (secondary N) is 1. The molecule has 3 aromatic rings. The Morgan fingerprint density at radius 2 is 1.80 bits per heavy atom. The minimum absolute atomic E-state index is 0.119. The summed E-state index contributed by atoms with van der Waals surface area (Å²) in [6, 6.07) is 12.9. The molecule has 2 aromatic carbocycles. The Hall–Kier alpha value is -3.19. The normalized spacial score (nSPS) is 10.5. The van der Waals surface area contributed by atoms with Gasteiger partial charge in [-0.2, -0.15) is 5.10 Å². The molecule has 1 heterocycles. The predicted octanol–water partition coefficient (Wildman–Crippen LogP) is 3.62. The van der Waals surface area contributed by atoms with Crippen molar-refractivity contribution in [3.8, 4) is 5.69 Å². The van der Waals surface area contributed by atoms with E-state index in [-0.39, 0.29) is 22.1 Å². The number of carboxylic acid groups (broad SMARTS) is 1. The van der Waals surface area contributed by atoms with Crippen LogP contribution in [-0.2, 0) is 0 Å². The molecule has 0 saturated carbocycles. The lowest BCUT2D eigenvalue weighted by molar-refractivity contribution is 0.0689. The molecule has 0 aliphatic heterocycles. The van der Waals surface area contributed by atoms with Crippen molar-refractivity contribution in [2.75, 3.05) is 5.32 Å². The van der Waals surface area contributed by atoms with Crippen molar-refractivity contribution in [3.63, 3.8) is 0 Å². The van der Waals surface area contributed by atoms with Gasteiger partial charge in [0.25, 0.3) is 5.91 Å². The van der Waals surface area contributed by atoms with Crippen LogP contribution in [0.3, 0.4) is 0 Å². The van der Waals surface area contributed by atoms with Crippen LogP contribution in [0, 0.1) is 5.82 Å². The van der Waals surface area contributed by atoms with Crippen LogP contribution in [0.25, 0.3) is 5.69 Å². The molecule has 0 atom stereocenters. The summed E-state index contributed by atoms with van der Waals surface area (Å²) in [5.74, 6) is -2.11. The molecule has 1 amide bonds. The molecule has 126 valence electrons. The van der Waals surface area contributed by atoms with E-state index in [9.17, 15) is 14.0 Å². The Labute approximate surface area is 146 Å². The number of hydrogen-bond acceptors (Lipinski definition) is 3. The summed E-state index contributed by atoms with van der Waals surface area (Å²) in [7, 11) is 0. The summed E-state index contributed by atoms with van der Waals surface area (Å²) in [5, 5.41) is 15.9. The van der Waals surface area contributed by atoms with E-state index in [0.29, 0.717) is 5.69 Å². The van der Waals surface area contributed by atoms with Gasteiger partial charge < -0.3 is 10.4 Å². The minimum atomic E-state index is -1.26. The lowest BCUT2D eigenvalue weighted by atomic mass is 10.2. The Morgan fingerprint density at radius 1 is 1.12 bits per heavy atom. The molecule has 2 N–H and O–H groups in total. The van der Waals surface area contributed by atoms with Gasteiger partial charge in [0.1, 0.15) is 11.6 Å². The van der Waals surface area contributed by atoms with Crippen molar-refractivity contribution in [1.29, 1.82) is 0 Å². The number of rotatable bonds is 4. The number of hydrogen-bond donors (Lipinski definition) is 2. The van der Waals surface area contributed by atoms with Crippen LogP contribution in [0.4, 0.5) is 10.2 Å². The van der Waals surface area contributed by atoms with Crippen molar-refractivity contribution < 1.29 is 19.1 Å². The molecular weight excluding hydrogens is 349 g/mol. The lowest BCUT2D eigenvalue weighted by Crippen LogP contribution is -2.15. The van der Waals surface area contributed by atoms with Crippen molar-refractivity contribution in [2.45, 2.75) is 0 Å². The molecule has 0 radical (unpaired) electrons. The summed E-state index contributed by atoms with van der Waals surface area (Å²) < 4.78 is 14.3. The SMILES string of the molecule is O=C(O)c1cc(NC(=O)c2ccccc2Cl)n(-c2ccc(F)cc2)n1. The average Bonchev–Trinajstić information content (AvgIpc) is 3.00. The molecule has 0 aliphatic rings. The predicted molar refractivity (Wildman–Crippen MR) is 89.9 cm³/mol. The number of halogens is 2. The van der Waals surface area contributed by atoms with E-state index in [1.54, 1.807) is 18.2 Å². The molecular formula is C17H11ClFN3O3. The third kappa shape index (κ3) is 3.51. The fourth-order valence-electron chi connectivity index (χ4n) is 2.18. The second-order valence-corrected chi connectivity index (χ2v) is 5.45. The van der Waals surface area contributed by atoms with Crippen LogP contribution < -0.4 is 5.32 Å².